The van der Waals surface area contributed by atoms with E-state index in [1.807, 2.05) is 12.1 Å². The van der Waals surface area contributed by atoms with Gasteiger partial charge in [0.15, 0.2) is 0 Å². The molecule has 3 nitrogen and oxygen atoms in total. The van der Waals surface area contributed by atoms with Gasteiger partial charge < -0.3 is 10.1 Å². The molecule has 0 amide bonds. The first-order valence-corrected chi connectivity index (χ1v) is 8.17. The number of anilines is 1. The highest BCUT2D eigenvalue weighted by Crippen LogP contribution is 2.22. The van der Waals surface area contributed by atoms with Crippen LogP contribution in [0.15, 0.2) is 24.3 Å². The molecular weight excluding hydrogens is 262 g/mol. The number of benzene rings is 1. The summed E-state index contributed by atoms with van der Waals surface area (Å²) >= 11 is 0. The van der Waals surface area contributed by atoms with Crippen molar-refractivity contribution in [1.29, 1.82) is 0 Å². The van der Waals surface area contributed by atoms with Gasteiger partial charge in [0.25, 0.3) is 0 Å². The van der Waals surface area contributed by atoms with Crippen molar-refractivity contribution in [3.8, 4) is 0 Å². The van der Waals surface area contributed by atoms with Crippen LogP contribution in [0.2, 0.25) is 0 Å². The standard InChI is InChI=1S/C18H27NO2/c1-21-18(20)13-15-9-11-17(12-10-15)19-14-16-7-5-3-2-4-6-8-16/h9-12,16,19H,2-8,13-14H2,1H3. The van der Waals surface area contributed by atoms with Crippen LogP contribution < -0.4 is 5.32 Å². The molecule has 1 aromatic rings. The van der Waals surface area contributed by atoms with E-state index < -0.39 is 0 Å². The van der Waals surface area contributed by atoms with Crippen molar-refractivity contribution in [3.05, 3.63) is 29.8 Å². The molecule has 116 valence electrons. The van der Waals surface area contributed by atoms with E-state index in [1.165, 1.54) is 52.1 Å². The molecule has 0 heterocycles. The first-order chi connectivity index (χ1) is 10.3. The fourth-order valence-corrected chi connectivity index (χ4v) is 2.99. The van der Waals surface area contributed by atoms with Crippen molar-refractivity contribution >= 4 is 11.7 Å². The number of ether oxygens (including phenoxy) is 1. The minimum absolute atomic E-state index is 0.190. The van der Waals surface area contributed by atoms with Gasteiger partial charge in [-0.1, -0.05) is 44.2 Å². The molecule has 1 saturated carbocycles. The van der Waals surface area contributed by atoms with Crippen LogP contribution in [0.5, 0.6) is 0 Å². The summed E-state index contributed by atoms with van der Waals surface area (Å²) in [4.78, 5) is 11.2. The summed E-state index contributed by atoms with van der Waals surface area (Å²) < 4.78 is 4.68. The molecule has 0 spiro atoms. The second kappa shape index (κ2) is 8.71. The summed E-state index contributed by atoms with van der Waals surface area (Å²) in [6.45, 7) is 1.07. The summed E-state index contributed by atoms with van der Waals surface area (Å²) in [7, 11) is 1.42. The normalized spacial score (nSPS) is 16.8. The van der Waals surface area contributed by atoms with E-state index in [2.05, 4.69) is 22.2 Å². The number of nitrogens with one attached hydrogen (secondary N) is 1. The second-order valence-electron chi connectivity index (χ2n) is 6.04. The Morgan fingerprint density at radius 1 is 1.10 bits per heavy atom. The number of carbonyl (C=O) groups is 1. The number of hydrogen-bond donors (Lipinski definition) is 1. The smallest absolute Gasteiger partial charge is 0.309 e. The summed E-state index contributed by atoms with van der Waals surface area (Å²) in [5, 5.41) is 3.54. The molecule has 0 aliphatic heterocycles. The Morgan fingerprint density at radius 2 is 1.71 bits per heavy atom. The monoisotopic (exact) mass is 289 g/mol. The summed E-state index contributed by atoms with van der Waals surface area (Å²) in [5.41, 5.74) is 2.14. The lowest BCUT2D eigenvalue weighted by Crippen LogP contribution is -2.15. The molecule has 1 fully saturated rings. The minimum atomic E-state index is -0.190. The SMILES string of the molecule is COC(=O)Cc1ccc(NCC2CCCCCCC2)cc1. The summed E-state index contributed by atoms with van der Waals surface area (Å²) in [6.07, 6.45) is 10.0. The van der Waals surface area contributed by atoms with Crippen LogP contribution in [-0.2, 0) is 16.0 Å². The van der Waals surface area contributed by atoms with E-state index in [-0.39, 0.29) is 5.97 Å². The molecule has 0 atom stereocenters. The quantitative estimate of drug-likeness (QED) is 0.827. The average molecular weight is 289 g/mol. The predicted molar refractivity (Wildman–Crippen MR) is 86.5 cm³/mol. The van der Waals surface area contributed by atoms with E-state index in [0.29, 0.717) is 6.42 Å². The highest BCUT2D eigenvalue weighted by atomic mass is 16.5. The highest BCUT2D eigenvalue weighted by molar-refractivity contribution is 5.72. The Bertz CT molecular complexity index is 419. The Morgan fingerprint density at radius 3 is 2.33 bits per heavy atom. The molecule has 0 bridgehead atoms. The zero-order chi connectivity index (χ0) is 14.9. The topological polar surface area (TPSA) is 38.3 Å². The van der Waals surface area contributed by atoms with Gasteiger partial charge in [-0.25, -0.2) is 0 Å². The number of hydrogen-bond acceptors (Lipinski definition) is 3. The maximum absolute atomic E-state index is 11.2. The molecular formula is C18H27NO2. The number of esters is 1. The molecule has 1 aliphatic carbocycles. The van der Waals surface area contributed by atoms with Gasteiger partial charge in [-0.2, -0.15) is 0 Å². The fraction of sp³-hybridized carbons (Fsp3) is 0.611. The lowest BCUT2D eigenvalue weighted by molar-refractivity contribution is -0.139. The van der Waals surface area contributed by atoms with Crippen molar-refractivity contribution in [1.82, 2.24) is 0 Å². The molecule has 21 heavy (non-hydrogen) atoms. The molecule has 0 unspecified atom stereocenters. The molecule has 1 aromatic carbocycles. The van der Waals surface area contributed by atoms with Gasteiger partial charge in [0.05, 0.1) is 13.5 Å². The van der Waals surface area contributed by atoms with Gasteiger partial charge in [0, 0.05) is 12.2 Å². The minimum Gasteiger partial charge on any atom is -0.469 e. The predicted octanol–water partition coefficient (Wildman–Crippen LogP) is 4.17. The highest BCUT2D eigenvalue weighted by Gasteiger charge is 2.11. The van der Waals surface area contributed by atoms with E-state index in [1.54, 1.807) is 0 Å². The van der Waals surface area contributed by atoms with Crippen molar-refractivity contribution < 1.29 is 9.53 Å². The third kappa shape index (κ3) is 5.78. The first-order valence-electron chi connectivity index (χ1n) is 8.17. The number of rotatable bonds is 5. The lowest BCUT2D eigenvalue weighted by Gasteiger charge is -2.20. The summed E-state index contributed by atoms with van der Waals surface area (Å²) in [6, 6.07) is 8.11. The van der Waals surface area contributed by atoms with Gasteiger partial charge in [-0.3, -0.25) is 4.79 Å². The maximum Gasteiger partial charge on any atom is 0.309 e. The third-order valence-corrected chi connectivity index (χ3v) is 4.35. The van der Waals surface area contributed by atoms with Crippen LogP contribution in [0.3, 0.4) is 0 Å². The van der Waals surface area contributed by atoms with Gasteiger partial charge in [0.1, 0.15) is 0 Å². The van der Waals surface area contributed by atoms with E-state index >= 15 is 0 Å². The number of methoxy groups -OCH3 is 1. The fourth-order valence-electron chi connectivity index (χ4n) is 2.99. The van der Waals surface area contributed by atoms with Gasteiger partial charge in [-0.05, 0) is 36.5 Å². The van der Waals surface area contributed by atoms with Crippen LogP contribution in [0.4, 0.5) is 5.69 Å². The third-order valence-electron chi connectivity index (χ3n) is 4.35. The van der Waals surface area contributed by atoms with Gasteiger partial charge >= 0.3 is 5.97 Å². The zero-order valence-electron chi connectivity index (χ0n) is 13.1. The van der Waals surface area contributed by atoms with Crippen LogP contribution in [0, 0.1) is 5.92 Å². The molecule has 0 radical (unpaired) electrons. The molecule has 0 aromatic heterocycles. The summed E-state index contributed by atoms with van der Waals surface area (Å²) in [5.74, 6) is 0.616. The lowest BCUT2D eigenvalue weighted by atomic mass is 9.91. The molecule has 0 saturated heterocycles. The average Bonchev–Trinajstić information content (AvgIpc) is 2.47. The van der Waals surface area contributed by atoms with Gasteiger partial charge in [0.2, 0.25) is 0 Å². The Labute approximate surface area is 128 Å². The van der Waals surface area contributed by atoms with Crippen molar-refractivity contribution in [3.63, 3.8) is 0 Å². The molecule has 1 aliphatic rings. The van der Waals surface area contributed by atoms with E-state index in [9.17, 15) is 4.79 Å². The van der Waals surface area contributed by atoms with Crippen LogP contribution in [0.1, 0.15) is 50.5 Å². The number of carbonyl (C=O) groups excluding carboxylic acids is 1. The van der Waals surface area contributed by atoms with Crippen LogP contribution >= 0.6 is 0 Å². The maximum atomic E-state index is 11.2. The Kier molecular flexibility index (Phi) is 6.58. The van der Waals surface area contributed by atoms with E-state index in [4.69, 9.17) is 0 Å². The van der Waals surface area contributed by atoms with E-state index in [0.717, 1.165) is 23.7 Å². The first kappa shape index (κ1) is 15.9. The van der Waals surface area contributed by atoms with Crippen LogP contribution in [-0.4, -0.2) is 19.6 Å². The second-order valence-corrected chi connectivity index (χ2v) is 6.04. The Balaban J connectivity index is 1.78. The van der Waals surface area contributed by atoms with Crippen molar-refractivity contribution in [2.24, 2.45) is 5.92 Å². The van der Waals surface area contributed by atoms with Gasteiger partial charge in [-0.15, -0.1) is 0 Å². The van der Waals surface area contributed by atoms with Crippen molar-refractivity contribution in [2.45, 2.75) is 51.4 Å². The molecule has 2 rings (SSSR count). The molecule has 3 heteroatoms. The Hall–Kier alpha value is -1.51. The van der Waals surface area contributed by atoms with Crippen molar-refractivity contribution in [2.75, 3.05) is 19.0 Å². The van der Waals surface area contributed by atoms with Crippen LogP contribution in [0.25, 0.3) is 0 Å². The molecule has 1 N–H and O–H groups in total. The zero-order valence-corrected chi connectivity index (χ0v) is 13.1. The largest absolute Gasteiger partial charge is 0.469 e.